The highest BCUT2D eigenvalue weighted by Crippen LogP contribution is 2.25. The first-order valence-corrected chi connectivity index (χ1v) is 11.7. The van der Waals surface area contributed by atoms with Crippen LogP contribution in [0.25, 0.3) is 0 Å². The maximum absolute atomic E-state index is 11.7. The van der Waals surface area contributed by atoms with Crippen molar-refractivity contribution in [2.45, 2.75) is 45.1 Å². The van der Waals surface area contributed by atoms with Crippen LogP contribution in [0.15, 0.2) is 57.1 Å². The van der Waals surface area contributed by atoms with E-state index in [1.807, 2.05) is 25.3 Å². The van der Waals surface area contributed by atoms with Crippen molar-refractivity contribution in [3.63, 3.8) is 0 Å². The number of aliphatic imine (C=N–C) groups is 2. The Balaban J connectivity index is 1.42. The highest BCUT2D eigenvalue weighted by Gasteiger charge is 2.25. The number of carbonyl (C=O) groups is 2. The van der Waals surface area contributed by atoms with Crippen molar-refractivity contribution in [1.29, 1.82) is 0 Å². The topological polar surface area (TPSA) is 108 Å². The van der Waals surface area contributed by atoms with E-state index in [4.69, 9.17) is 0 Å². The van der Waals surface area contributed by atoms with E-state index in [9.17, 15) is 9.59 Å². The molecule has 1 saturated heterocycles. The van der Waals surface area contributed by atoms with Gasteiger partial charge in [0.2, 0.25) is 5.96 Å². The normalized spacial score (nSPS) is 23.3. The quantitative estimate of drug-likeness (QED) is 0.241. The zero-order valence-corrected chi connectivity index (χ0v) is 19.2. The molecular weight excluding hydrogens is 424 g/mol. The van der Waals surface area contributed by atoms with Crippen molar-refractivity contribution < 1.29 is 9.59 Å². The number of nitrogens with zero attached hydrogens (tertiary/aromatic N) is 3. The van der Waals surface area contributed by atoms with Gasteiger partial charge < -0.3 is 10.6 Å². The summed E-state index contributed by atoms with van der Waals surface area (Å²) >= 11 is 0.870. The lowest BCUT2D eigenvalue weighted by Gasteiger charge is -2.29. The molecule has 1 aliphatic carbocycles. The Morgan fingerprint density at radius 2 is 2.12 bits per heavy atom. The number of allylic oxidation sites excluding steroid dienone is 2. The first kappa shape index (κ1) is 23.9. The zero-order valence-electron chi connectivity index (χ0n) is 18.3. The number of guanidine groups is 1. The summed E-state index contributed by atoms with van der Waals surface area (Å²) in [5, 5.41) is 8.80. The second-order valence-electron chi connectivity index (χ2n) is 7.80. The Hall–Kier alpha value is -2.78. The van der Waals surface area contributed by atoms with Gasteiger partial charge in [0, 0.05) is 30.9 Å². The van der Waals surface area contributed by atoms with E-state index in [0.717, 1.165) is 62.6 Å². The van der Waals surface area contributed by atoms with Gasteiger partial charge in [0.1, 0.15) is 0 Å². The van der Waals surface area contributed by atoms with Crippen LogP contribution in [0.2, 0.25) is 0 Å². The molecule has 170 valence electrons. The summed E-state index contributed by atoms with van der Waals surface area (Å²) in [5.41, 5.74) is 1.67. The molecule has 8 nitrogen and oxygen atoms in total. The molecule has 1 aromatic heterocycles. The van der Waals surface area contributed by atoms with Gasteiger partial charge in [-0.1, -0.05) is 12.1 Å². The third kappa shape index (κ3) is 7.42. The molecule has 2 heterocycles. The predicted molar refractivity (Wildman–Crippen MR) is 130 cm³/mol. The van der Waals surface area contributed by atoms with Crippen LogP contribution in [0.4, 0.5) is 4.79 Å². The Labute approximate surface area is 193 Å². The SMILES string of the molecule is C=N\C(=N/C(=C\C)/C=C1\SC(=O)NC1=O)N[C@H]1CC[C@H](CNCCc2ccccn2)CC1. The van der Waals surface area contributed by atoms with Crippen LogP contribution in [0, 0.1) is 5.92 Å². The van der Waals surface area contributed by atoms with E-state index in [2.05, 4.69) is 43.7 Å². The fourth-order valence-electron chi connectivity index (χ4n) is 3.73. The fraction of sp³-hybridized carbons (Fsp3) is 0.435. The van der Waals surface area contributed by atoms with E-state index in [0.29, 0.717) is 28.5 Å². The van der Waals surface area contributed by atoms with E-state index >= 15 is 0 Å². The van der Waals surface area contributed by atoms with Crippen LogP contribution in [-0.4, -0.2) is 47.9 Å². The predicted octanol–water partition coefficient (Wildman–Crippen LogP) is 3.19. The molecule has 0 unspecified atom stereocenters. The number of pyridine rings is 1. The van der Waals surface area contributed by atoms with Crippen molar-refractivity contribution in [2.24, 2.45) is 15.9 Å². The lowest BCUT2D eigenvalue weighted by molar-refractivity contribution is -0.115. The summed E-state index contributed by atoms with van der Waals surface area (Å²) in [6.45, 7) is 7.40. The molecular formula is C23H30N6O2S. The third-order valence-electron chi connectivity index (χ3n) is 5.50. The average Bonchev–Trinajstić information content (AvgIpc) is 3.13. The van der Waals surface area contributed by atoms with Gasteiger partial charge in [-0.2, -0.15) is 0 Å². The molecule has 0 atom stereocenters. The Morgan fingerprint density at radius 3 is 2.75 bits per heavy atom. The van der Waals surface area contributed by atoms with Crippen molar-refractivity contribution in [3.05, 3.63) is 52.8 Å². The average molecular weight is 455 g/mol. The summed E-state index contributed by atoms with van der Waals surface area (Å²) in [7, 11) is 0. The lowest BCUT2D eigenvalue weighted by Crippen LogP contribution is -2.38. The van der Waals surface area contributed by atoms with Gasteiger partial charge in [-0.25, -0.2) is 9.98 Å². The summed E-state index contributed by atoms with van der Waals surface area (Å²) in [4.78, 5) is 36.3. The van der Waals surface area contributed by atoms with Crippen molar-refractivity contribution in [3.8, 4) is 0 Å². The third-order valence-corrected chi connectivity index (χ3v) is 6.31. The van der Waals surface area contributed by atoms with Gasteiger partial charge in [0.05, 0.1) is 10.6 Å². The second-order valence-corrected chi connectivity index (χ2v) is 8.81. The number of nitrogens with one attached hydrogen (secondary N) is 3. The highest BCUT2D eigenvalue weighted by molar-refractivity contribution is 8.18. The highest BCUT2D eigenvalue weighted by atomic mass is 32.2. The van der Waals surface area contributed by atoms with E-state index in [1.165, 1.54) is 0 Å². The molecule has 0 aromatic carbocycles. The minimum Gasteiger partial charge on any atom is -0.351 e. The molecule has 2 aliphatic rings. The second kappa shape index (κ2) is 12.3. The number of amides is 2. The van der Waals surface area contributed by atoms with Gasteiger partial charge in [0.15, 0.2) is 0 Å². The van der Waals surface area contributed by atoms with Crippen LogP contribution in [0.3, 0.4) is 0 Å². The standard InChI is InChI=1S/C23H30N6O2S/c1-3-17(14-20-21(30)29-23(31)32-20)27-22(24-2)28-19-9-7-16(8-10-19)15-25-13-11-18-6-4-5-12-26-18/h3-6,12,14,16,19,25H,2,7-11,13,15H2,1H3,(H,27,28)(H,29,30,31)/b17-3-,20-14-/t16-,19-. The Bertz CT molecular complexity index is 904. The van der Waals surface area contributed by atoms with Gasteiger partial charge in [0.25, 0.3) is 11.1 Å². The van der Waals surface area contributed by atoms with Crippen LogP contribution < -0.4 is 16.0 Å². The molecule has 0 spiro atoms. The van der Waals surface area contributed by atoms with Crippen LogP contribution in [-0.2, 0) is 11.2 Å². The molecule has 2 fully saturated rings. The number of rotatable bonds is 8. The smallest absolute Gasteiger partial charge is 0.290 e. The zero-order chi connectivity index (χ0) is 22.8. The van der Waals surface area contributed by atoms with Gasteiger partial charge in [-0.3, -0.25) is 19.9 Å². The molecule has 1 aliphatic heterocycles. The molecule has 1 saturated carbocycles. The molecule has 0 bridgehead atoms. The maximum Gasteiger partial charge on any atom is 0.290 e. The van der Waals surface area contributed by atoms with Crippen LogP contribution >= 0.6 is 11.8 Å². The van der Waals surface area contributed by atoms with Gasteiger partial charge >= 0.3 is 0 Å². The number of hydrogen-bond donors (Lipinski definition) is 3. The van der Waals surface area contributed by atoms with Crippen molar-refractivity contribution in [2.75, 3.05) is 13.1 Å². The lowest BCUT2D eigenvalue weighted by atomic mass is 9.86. The van der Waals surface area contributed by atoms with Crippen molar-refractivity contribution in [1.82, 2.24) is 20.9 Å². The minimum atomic E-state index is -0.400. The van der Waals surface area contributed by atoms with E-state index in [1.54, 1.807) is 12.2 Å². The summed E-state index contributed by atoms with van der Waals surface area (Å²) in [6, 6.07) is 6.31. The summed E-state index contributed by atoms with van der Waals surface area (Å²) in [5.74, 6) is 0.698. The Morgan fingerprint density at radius 1 is 1.31 bits per heavy atom. The van der Waals surface area contributed by atoms with E-state index in [-0.39, 0.29) is 5.24 Å². The van der Waals surface area contributed by atoms with Crippen LogP contribution in [0.5, 0.6) is 0 Å². The molecule has 2 amide bonds. The number of carbonyl (C=O) groups excluding carboxylic acids is 2. The molecule has 32 heavy (non-hydrogen) atoms. The Kier molecular flexibility index (Phi) is 9.18. The summed E-state index contributed by atoms with van der Waals surface area (Å²) < 4.78 is 0. The number of hydrogen-bond acceptors (Lipinski definition) is 6. The minimum absolute atomic E-state index is 0.292. The fourth-order valence-corrected chi connectivity index (χ4v) is 4.40. The van der Waals surface area contributed by atoms with Crippen LogP contribution in [0.1, 0.15) is 38.3 Å². The van der Waals surface area contributed by atoms with Crippen molar-refractivity contribution >= 4 is 35.6 Å². The first-order valence-electron chi connectivity index (χ1n) is 10.9. The van der Waals surface area contributed by atoms with Gasteiger partial charge in [-0.05, 0) is 81.8 Å². The summed E-state index contributed by atoms with van der Waals surface area (Å²) in [6.07, 6.45) is 10.5. The maximum atomic E-state index is 11.7. The monoisotopic (exact) mass is 454 g/mol. The molecule has 1 aromatic rings. The van der Waals surface area contributed by atoms with E-state index < -0.39 is 5.91 Å². The number of imide groups is 1. The molecule has 0 radical (unpaired) electrons. The van der Waals surface area contributed by atoms with Gasteiger partial charge in [-0.15, -0.1) is 0 Å². The number of aromatic nitrogens is 1. The molecule has 3 rings (SSSR count). The molecule has 3 N–H and O–H groups in total. The number of thioether (sulfide) groups is 1. The largest absolute Gasteiger partial charge is 0.351 e. The first-order chi connectivity index (χ1) is 15.6. The molecule has 9 heteroatoms.